The molecule has 2 aromatic rings. The Morgan fingerprint density at radius 3 is 3.16 bits per heavy atom. The van der Waals surface area contributed by atoms with Gasteiger partial charge in [-0.2, -0.15) is 0 Å². The first-order valence-electron chi connectivity index (χ1n) is 6.21. The molecule has 0 aliphatic carbocycles. The zero-order valence-corrected chi connectivity index (χ0v) is 11.3. The maximum atomic E-state index is 5.88. The number of pyridine rings is 1. The SMILES string of the molecule is Nc1ncccc1CN1CCc2[nH]c(=S)ncc2C1. The third kappa shape index (κ3) is 2.64. The Hall–Kier alpha value is -1.79. The highest BCUT2D eigenvalue weighted by Crippen LogP contribution is 2.19. The Morgan fingerprint density at radius 2 is 2.32 bits per heavy atom. The first-order chi connectivity index (χ1) is 9.22. The van der Waals surface area contributed by atoms with E-state index in [1.807, 2.05) is 18.3 Å². The first kappa shape index (κ1) is 12.3. The van der Waals surface area contributed by atoms with E-state index in [1.54, 1.807) is 6.20 Å². The fraction of sp³-hybridized carbons (Fsp3) is 0.308. The number of nitrogens with one attached hydrogen (secondary N) is 1. The number of rotatable bonds is 2. The van der Waals surface area contributed by atoms with Crippen LogP contribution in [0.1, 0.15) is 16.8 Å². The van der Waals surface area contributed by atoms with Crippen molar-refractivity contribution in [1.82, 2.24) is 19.9 Å². The molecule has 1 aliphatic heterocycles. The maximum absolute atomic E-state index is 5.88. The summed E-state index contributed by atoms with van der Waals surface area (Å²) in [4.78, 5) is 13.8. The summed E-state index contributed by atoms with van der Waals surface area (Å²) in [6.45, 7) is 2.66. The second-order valence-electron chi connectivity index (χ2n) is 4.70. The van der Waals surface area contributed by atoms with Crippen LogP contribution in [0, 0.1) is 4.77 Å². The Balaban J connectivity index is 1.78. The fourth-order valence-corrected chi connectivity index (χ4v) is 2.54. The Morgan fingerprint density at radius 1 is 1.42 bits per heavy atom. The molecule has 19 heavy (non-hydrogen) atoms. The molecule has 0 saturated heterocycles. The second-order valence-corrected chi connectivity index (χ2v) is 5.09. The molecule has 0 unspecified atom stereocenters. The maximum Gasteiger partial charge on any atom is 0.196 e. The Labute approximate surface area is 116 Å². The van der Waals surface area contributed by atoms with E-state index in [9.17, 15) is 0 Å². The Kier molecular flexibility index (Phi) is 3.27. The van der Waals surface area contributed by atoms with E-state index in [1.165, 1.54) is 11.3 Å². The molecular weight excluding hydrogens is 258 g/mol. The van der Waals surface area contributed by atoms with Gasteiger partial charge in [0.15, 0.2) is 4.77 Å². The van der Waals surface area contributed by atoms with Crippen molar-refractivity contribution < 1.29 is 0 Å². The normalized spacial score (nSPS) is 15.2. The summed E-state index contributed by atoms with van der Waals surface area (Å²) in [6, 6.07) is 3.94. The number of fused-ring (bicyclic) bond motifs is 1. The van der Waals surface area contributed by atoms with Gasteiger partial charge in [0.25, 0.3) is 0 Å². The molecule has 2 aromatic heterocycles. The monoisotopic (exact) mass is 273 g/mol. The van der Waals surface area contributed by atoms with Gasteiger partial charge in [-0.15, -0.1) is 0 Å². The summed E-state index contributed by atoms with van der Waals surface area (Å²) in [5.74, 6) is 0.610. The van der Waals surface area contributed by atoms with E-state index < -0.39 is 0 Å². The smallest absolute Gasteiger partial charge is 0.196 e. The molecule has 3 rings (SSSR count). The van der Waals surface area contributed by atoms with E-state index >= 15 is 0 Å². The molecule has 0 amide bonds. The predicted octanol–water partition coefficient (Wildman–Crippen LogP) is 1.67. The third-order valence-electron chi connectivity index (χ3n) is 3.38. The lowest BCUT2D eigenvalue weighted by Gasteiger charge is -2.28. The van der Waals surface area contributed by atoms with E-state index in [2.05, 4.69) is 19.9 Å². The minimum Gasteiger partial charge on any atom is -0.383 e. The van der Waals surface area contributed by atoms with Gasteiger partial charge in [0.1, 0.15) is 5.82 Å². The van der Waals surface area contributed by atoms with Crippen molar-refractivity contribution >= 4 is 18.0 Å². The number of aromatic nitrogens is 3. The van der Waals surface area contributed by atoms with Crippen LogP contribution in [0.2, 0.25) is 0 Å². The van der Waals surface area contributed by atoms with E-state index in [0.29, 0.717) is 10.6 Å². The number of nitrogens with zero attached hydrogens (tertiary/aromatic N) is 3. The molecule has 5 nitrogen and oxygen atoms in total. The number of hydrogen-bond acceptors (Lipinski definition) is 5. The number of nitrogens with two attached hydrogens (primary N) is 1. The van der Waals surface area contributed by atoms with Crippen LogP contribution in [0.5, 0.6) is 0 Å². The number of H-pyrrole nitrogens is 1. The van der Waals surface area contributed by atoms with Crippen LogP contribution in [0.3, 0.4) is 0 Å². The molecule has 0 fully saturated rings. The molecule has 0 atom stereocenters. The fourth-order valence-electron chi connectivity index (χ4n) is 2.37. The standard InChI is InChI=1S/C13H15N5S/c14-12-9(2-1-4-15-12)7-18-5-3-11-10(8-18)6-16-13(19)17-11/h1-2,4,6H,3,5,7-8H2,(H2,14,15)(H,16,17,19). The molecular formula is C13H15N5S. The van der Waals surface area contributed by atoms with Crippen molar-refractivity contribution in [3.63, 3.8) is 0 Å². The summed E-state index contributed by atoms with van der Waals surface area (Å²) in [5.41, 5.74) is 9.37. The quantitative estimate of drug-likeness (QED) is 0.815. The lowest BCUT2D eigenvalue weighted by atomic mass is 10.1. The summed E-state index contributed by atoms with van der Waals surface area (Å²) in [6.07, 6.45) is 4.54. The summed E-state index contributed by atoms with van der Waals surface area (Å²) >= 11 is 5.04. The van der Waals surface area contributed by atoms with Gasteiger partial charge in [0, 0.05) is 55.3 Å². The average Bonchev–Trinajstić information content (AvgIpc) is 2.41. The van der Waals surface area contributed by atoms with Gasteiger partial charge in [-0.1, -0.05) is 6.07 Å². The highest BCUT2D eigenvalue weighted by atomic mass is 32.1. The summed E-state index contributed by atoms with van der Waals surface area (Å²) < 4.78 is 0.559. The second kappa shape index (κ2) is 5.07. The van der Waals surface area contributed by atoms with Gasteiger partial charge in [0.05, 0.1) is 0 Å². The highest BCUT2D eigenvalue weighted by Gasteiger charge is 2.17. The van der Waals surface area contributed by atoms with Gasteiger partial charge in [-0.25, -0.2) is 9.97 Å². The van der Waals surface area contributed by atoms with Crippen LogP contribution in [0.4, 0.5) is 5.82 Å². The van der Waals surface area contributed by atoms with E-state index in [4.69, 9.17) is 18.0 Å². The topological polar surface area (TPSA) is 70.8 Å². The predicted molar refractivity (Wildman–Crippen MR) is 75.9 cm³/mol. The molecule has 0 aromatic carbocycles. The van der Waals surface area contributed by atoms with Crippen LogP contribution in [-0.2, 0) is 19.5 Å². The lowest BCUT2D eigenvalue weighted by molar-refractivity contribution is 0.243. The van der Waals surface area contributed by atoms with Gasteiger partial charge in [-0.05, 0) is 18.3 Å². The average molecular weight is 273 g/mol. The molecule has 0 spiro atoms. The van der Waals surface area contributed by atoms with Gasteiger partial charge >= 0.3 is 0 Å². The van der Waals surface area contributed by atoms with Crippen LogP contribution < -0.4 is 5.73 Å². The highest BCUT2D eigenvalue weighted by molar-refractivity contribution is 7.71. The van der Waals surface area contributed by atoms with Crippen molar-refractivity contribution in [2.45, 2.75) is 19.5 Å². The summed E-state index contributed by atoms with van der Waals surface area (Å²) in [5, 5.41) is 0. The number of anilines is 1. The summed E-state index contributed by atoms with van der Waals surface area (Å²) in [7, 11) is 0. The zero-order valence-electron chi connectivity index (χ0n) is 10.5. The van der Waals surface area contributed by atoms with Crippen molar-refractivity contribution in [3.05, 3.63) is 46.1 Å². The van der Waals surface area contributed by atoms with Gasteiger partial charge in [0.2, 0.25) is 0 Å². The third-order valence-corrected chi connectivity index (χ3v) is 3.58. The molecule has 0 saturated carbocycles. The zero-order chi connectivity index (χ0) is 13.2. The van der Waals surface area contributed by atoms with Crippen molar-refractivity contribution in [1.29, 1.82) is 0 Å². The first-order valence-corrected chi connectivity index (χ1v) is 6.62. The van der Waals surface area contributed by atoms with Crippen LogP contribution >= 0.6 is 12.2 Å². The van der Waals surface area contributed by atoms with E-state index in [0.717, 1.165) is 31.6 Å². The largest absolute Gasteiger partial charge is 0.383 e. The molecule has 6 heteroatoms. The molecule has 0 radical (unpaired) electrons. The molecule has 0 bridgehead atoms. The van der Waals surface area contributed by atoms with Crippen LogP contribution in [-0.4, -0.2) is 26.4 Å². The minimum atomic E-state index is 0.559. The molecule has 3 heterocycles. The van der Waals surface area contributed by atoms with Crippen molar-refractivity contribution in [2.24, 2.45) is 0 Å². The molecule has 1 aliphatic rings. The Bertz CT molecular complexity index is 651. The van der Waals surface area contributed by atoms with Crippen molar-refractivity contribution in [2.75, 3.05) is 12.3 Å². The number of aromatic amines is 1. The van der Waals surface area contributed by atoms with Crippen LogP contribution in [0.25, 0.3) is 0 Å². The van der Waals surface area contributed by atoms with Crippen molar-refractivity contribution in [3.8, 4) is 0 Å². The van der Waals surface area contributed by atoms with Crippen LogP contribution in [0.15, 0.2) is 24.5 Å². The molecule has 98 valence electrons. The lowest BCUT2D eigenvalue weighted by Crippen LogP contribution is -2.31. The molecule has 3 N–H and O–H groups in total. The van der Waals surface area contributed by atoms with Gasteiger partial charge < -0.3 is 10.7 Å². The van der Waals surface area contributed by atoms with E-state index in [-0.39, 0.29) is 0 Å². The number of nitrogen functional groups attached to an aromatic ring is 1. The number of hydrogen-bond donors (Lipinski definition) is 2. The van der Waals surface area contributed by atoms with Gasteiger partial charge in [-0.3, -0.25) is 4.90 Å². The minimum absolute atomic E-state index is 0.559.